The lowest BCUT2D eigenvalue weighted by molar-refractivity contribution is 0.605. The van der Waals surface area contributed by atoms with Crippen molar-refractivity contribution in [3.63, 3.8) is 0 Å². The van der Waals surface area contributed by atoms with Gasteiger partial charge < -0.3 is 5.32 Å². The number of anilines is 1. The van der Waals surface area contributed by atoms with Crippen molar-refractivity contribution in [2.75, 3.05) is 5.32 Å². The molecule has 0 saturated carbocycles. The highest BCUT2D eigenvalue weighted by Crippen LogP contribution is 2.14. The van der Waals surface area contributed by atoms with Crippen molar-refractivity contribution >= 4 is 17.4 Å². The van der Waals surface area contributed by atoms with Crippen molar-refractivity contribution in [1.82, 2.24) is 19.7 Å². The van der Waals surface area contributed by atoms with Gasteiger partial charge in [0.05, 0.1) is 6.54 Å². The lowest BCUT2D eigenvalue weighted by atomic mass is 10.1. The molecule has 5 nitrogen and oxygen atoms in total. The van der Waals surface area contributed by atoms with Gasteiger partial charge in [0.25, 0.3) is 0 Å². The molecule has 112 valence electrons. The van der Waals surface area contributed by atoms with E-state index in [9.17, 15) is 4.39 Å². The number of nitrogens with one attached hydrogen (secondary N) is 1. The molecular weight excluding hydrogens is 305 g/mol. The summed E-state index contributed by atoms with van der Waals surface area (Å²) in [5.74, 6) is 0.289. The van der Waals surface area contributed by atoms with E-state index in [-0.39, 0.29) is 5.82 Å². The van der Waals surface area contributed by atoms with Crippen LogP contribution in [0.1, 0.15) is 11.1 Å². The van der Waals surface area contributed by atoms with Crippen LogP contribution in [0.25, 0.3) is 0 Å². The number of rotatable bonds is 5. The SMILES string of the molecule is Fc1cc(Cn2cccn2)ccc1CNc1cc(Cl)ncn1. The van der Waals surface area contributed by atoms with Gasteiger partial charge in [-0.25, -0.2) is 14.4 Å². The monoisotopic (exact) mass is 317 g/mol. The Labute approximate surface area is 131 Å². The van der Waals surface area contributed by atoms with Crippen LogP contribution >= 0.6 is 11.6 Å². The smallest absolute Gasteiger partial charge is 0.134 e. The highest BCUT2D eigenvalue weighted by atomic mass is 35.5. The zero-order chi connectivity index (χ0) is 15.4. The molecule has 0 radical (unpaired) electrons. The number of hydrogen-bond donors (Lipinski definition) is 1. The molecule has 0 bridgehead atoms. The average molecular weight is 318 g/mol. The molecule has 1 aromatic carbocycles. The number of hydrogen-bond acceptors (Lipinski definition) is 4. The molecule has 0 aliphatic heterocycles. The minimum Gasteiger partial charge on any atom is -0.366 e. The summed E-state index contributed by atoms with van der Waals surface area (Å²) in [6.45, 7) is 0.861. The zero-order valence-electron chi connectivity index (χ0n) is 11.6. The van der Waals surface area contributed by atoms with Gasteiger partial charge in [-0.05, 0) is 17.7 Å². The third-order valence-electron chi connectivity index (χ3n) is 3.11. The third kappa shape index (κ3) is 3.59. The van der Waals surface area contributed by atoms with Crippen LogP contribution in [-0.2, 0) is 13.1 Å². The molecule has 2 heterocycles. The Morgan fingerprint density at radius 2 is 2.14 bits per heavy atom. The van der Waals surface area contributed by atoms with E-state index in [1.54, 1.807) is 23.0 Å². The molecule has 3 aromatic rings. The summed E-state index contributed by atoms with van der Waals surface area (Å²) in [7, 11) is 0. The Bertz CT molecular complexity index is 760. The van der Waals surface area contributed by atoms with Crippen LogP contribution in [0.2, 0.25) is 5.15 Å². The lowest BCUT2D eigenvalue weighted by Gasteiger charge is -2.08. The normalized spacial score (nSPS) is 10.6. The summed E-state index contributed by atoms with van der Waals surface area (Å²) < 4.78 is 15.9. The third-order valence-corrected chi connectivity index (χ3v) is 3.32. The number of nitrogens with zero attached hydrogens (tertiary/aromatic N) is 4. The predicted molar refractivity (Wildman–Crippen MR) is 82.1 cm³/mol. The molecule has 0 saturated heterocycles. The molecule has 0 aliphatic carbocycles. The first-order valence-electron chi connectivity index (χ1n) is 6.67. The van der Waals surface area contributed by atoms with Crippen LogP contribution in [0.3, 0.4) is 0 Å². The first-order valence-corrected chi connectivity index (χ1v) is 7.04. The molecule has 0 amide bonds. The van der Waals surface area contributed by atoms with Crippen LogP contribution in [0.4, 0.5) is 10.2 Å². The topological polar surface area (TPSA) is 55.6 Å². The molecule has 0 aliphatic rings. The van der Waals surface area contributed by atoms with Gasteiger partial charge in [0.1, 0.15) is 23.1 Å². The molecule has 3 rings (SSSR count). The molecule has 7 heteroatoms. The highest BCUT2D eigenvalue weighted by molar-refractivity contribution is 6.29. The summed E-state index contributed by atoms with van der Waals surface area (Å²) >= 11 is 5.77. The quantitative estimate of drug-likeness (QED) is 0.735. The van der Waals surface area contributed by atoms with Crippen molar-refractivity contribution in [3.05, 3.63) is 71.2 Å². The average Bonchev–Trinajstić information content (AvgIpc) is 2.99. The molecule has 0 fully saturated rings. The van der Waals surface area contributed by atoms with Crippen LogP contribution in [0.15, 0.2) is 49.1 Å². The summed E-state index contributed by atoms with van der Waals surface area (Å²) in [5, 5.41) is 7.46. The van der Waals surface area contributed by atoms with Gasteiger partial charge >= 0.3 is 0 Å². The minimum absolute atomic E-state index is 0.266. The number of aromatic nitrogens is 4. The van der Waals surface area contributed by atoms with Crippen LogP contribution < -0.4 is 5.32 Å². The standard InChI is InChI=1S/C15H13ClFN5/c16-14-7-15(20-10-19-14)18-8-12-3-2-11(6-13(12)17)9-22-5-1-4-21-22/h1-7,10H,8-9H2,(H,18,19,20). The van der Waals surface area contributed by atoms with Gasteiger partial charge in [-0.3, -0.25) is 4.68 Å². The Kier molecular flexibility index (Phi) is 4.29. The second kappa shape index (κ2) is 6.53. The van der Waals surface area contributed by atoms with Crippen molar-refractivity contribution in [2.45, 2.75) is 13.1 Å². The van der Waals surface area contributed by atoms with Crippen molar-refractivity contribution in [2.24, 2.45) is 0 Å². The summed E-state index contributed by atoms with van der Waals surface area (Å²) in [6, 6.07) is 8.58. The molecular formula is C15H13ClFN5. The molecule has 0 atom stereocenters. The molecule has 22 heavy (non-hydrogen) atoms. The van der Waals surface area contributed by atoms with E-state index < -0.39 is 0 Å². The van der Waals surface area contributed by atoms with E-state index in [1.807, 2.05) is 18.3 Å². The highest BCUT2D eigenvalue weighted by Gasteiger charge is 2.05. The van der Waals surface area contributed by atoms with E-state index >= 15 is 0 Å². The van der Waals surface area contributed by atoms with Crippen LogP contribution in [-0.4, -0.2) is 19.7 Å². The first kappa shape index (κ1) is 14.5. The first-order chi connectivity index (χ1) is 10.7. The van der Waals surface area contributed by atoms with Crippen molar-refractivity contribution < 1.29 is 4.39 Å². The predicted octanol–water partition coefficient (Wildman–Crippen LogP) is 3.13. The van der Waals surface area contributed by atoms with E-state index in [0.717, 1.165) is 5.56 Å². The maximum Gasteiger partial charge on any atom is 0.134 e. The van der Waals surface area contributed by atoms with Gasteiger partial charge in [0.2, 0.25) is 0 Å². The second-order valence-corrected chi connectivity index (χ2v) is 5.10. The van der Waals surface area contributed by atoms with Gasteiger partial charge in [0.15, 0.2) is 0 Å². The molecule has 2 aromatic heterocycles. The maximum atomic E-state index is 14.1. The number of benzene rings is 1. The van der Waals surface area contributed by atoms with E-state index in [2.05, 4.69) is 20.4 Å². The van der Waals surface area contributed by atoms with Crippen LogP contribution in [0, 0.1) is 5.82 Å². The second-order valence-electron chi connectivity index (χ2n) is 4.71. The zero-order valence-corrected chi connectivity index (χ0v) is 12.3. The number of halogens is 2. The van der Waals surface area contributed by atoms with E-state index in [1.165, 1.54) is 12.4 Å². The maximum absolute atomic E-state index is 14.1. The molecule has 1 N–H and O–H groups in total. The Morgan fingerprint density at radius 3 is 2.86 bits per heavy atom. The summed E-state index contributed by atoms with van der Waals surface area (Å²) in [4.78, 5) is 7.80. The van der Waals surface area contributed by atoms with Crippen molar-refractivity contribution in [1.29, 1.82) is 0 Å². The summed E-state index contributed by atoms with van der Waals surface area (Å²) in [5.41, 5.74) is 1.41. The van der Waals surface area contributed by atoms with Gasteiger partial charge in [-0.15, -0.1) is 0 Å². The minimum atomic E-state index is -0.266. The van der Waals surface area contributed by atoms with E-state index in [4.69, 9.17) is 11.6 Å². The largest absolute Gasteiger partial charge is 0.366 e. The van der Waals surface area contributed by atoms with Crippen molar-refractivity contribution in [3.8, 4) is 0 Å². The Balaban J connectivity index is 1.67. The fourth-order valence-electron chi connectivity index (χ4n) is 2.03. The lowest BCUT2D eigenvalue weighted by Crippen LogP contribution is -2.05. The molecule has 0 spiro atoms. The van der Waals surface area contributed by atoms with Gasteiger partial charge in [0, 0.05) is 30.6 Å². The Morgan fingerprint density at radius 1 is 1.23 bits per heavy atom. The van der Waals surface area contributed by atoms with Gasteiger partial charge in [-0.1, -0.05) is 23.7 Å². The van der Waals surface area contributed by atoms with E-state index in [0.29, 0.717) is 29.6 Å². The fraction of sp³-hybridized carbons (Fsp3) is 0.133. The summed E-state index contributed by atoms with van der Waals surface area (Å²) in [6.07, 6.45) is 4.89. The van der Waals surface area contributed by atoms with Gasteiger partial charge in [-0.2, -0.15) is 5.10 Å². The Hall–Kier alpha value is -2.47. The fourth-order valence-corrected chi connectivity index (χ4v) is 2.18. The van der Waals surface area contributed by atoms with Crippen LogP contribution in [0.5, 0.6) is 0 Å². The molecule has 0 unspecified atom stereocenters.